The monoisotopic (exact) mass is 356 g/mol. The van der Waals surface area contributed by atoms with Crippen LogP contribution in [0.5, 0.6) is 5.75 Å². The van der Waals surface area contributed by atoms with Crippen molar-refractivity contribution in [3.05, 3.63) is 102 Å². The second-order valence-corrected chi connectivity index (χ2v) is 6.10. The fourth-order valence-corrected chi connectivity index (χ4v) is 2.76. The van der Waals surface area contributed by atoms with Crippen LogP contribution in [0.1, 0.15) is 21.5 Å². The Morgan fingerprint density at radius 2 is 1.56 bits per heavy atom. The van der Waals surface area contributed by atoms with E-state index in [4.69, 9.17) is 4.74 Å². The van der Waals surface area contributed by atoms with Gasteiger partial charge in [-0.25, -0.2) is 0 Å². The average Bonchev–Trinajstić information content (AvgIpc) is 2.73. The number of nitriles is 1. The Morgan fingerprint density at radius 3 is 2.26 bits per heavy atom. The topological polar surface area (TPSA) is 62.1 Å². The highest BCUT2D eigenvalue weighted by atomic mass is 16.5. The van der Waals surface area contributed by atoms with E-state index in [0.717, 1.165) is 16.9 Å². The molecule has 0 saturated heterocycles. The number of nitrogens with one attached hydrogen (secondary N) is 1. The molecule has 1 atom stereocenters. The minimum absolute atomic E-state index is 0.273. The molecular weight excluding hydrogens is 336 g/mol. The second-order valence-electron chi connectivity index (χ2n) is 6.10. The third kappa shape index (κ3) is 5.20. The SMILES string of the molecule is N#C[C@H](Cc1ccccc1)NC(=O)c1ccccc1COc1ccccc1. The molecule has 1 amide bonds. The number of ether oxygens (including phenoxy) is 1. The molecule has 3 aromatic carbocycles. The van der Waals surface area contributed by atoms with Gasteiger partial charge in [0.05, 0.1) is 6.07 Å². The lowest BCUT2D eigenvalue weighted by Crippen LogP contribution is -2.35. The molecule has 0 saturated carbocycles. The number of benzene rings is 3. The van der Waals surface area contributed by atoms with Gasteiger partial charge in [-0.05, 0) is 23.8 Å². The van der Waals surface area contributed by atoms with E-state index in [1.54, 1.807) is 12.1 Å². The molecule has 134 valence electrons. The molecule has 0 aliphatic rings. The number of rotatable bonds is 7. The molecule has 0 unspecified atom stereocenters. The van der Waals surface area contributed by atoms with Gasteiger partial charge in [-0.15, -0.1) is 0 Å². The highest BCUT2D eigenvalue weighted by Gasteiger charge is 2.16. The predicted molar refractivity (Wildman–Crippen MR) is 104 cm³/mol. The summed E-state index contributed by atoms with van der Waals surface area (Å²) in [6.07, 6.45) is 0.464. The lowest BCUT2D eigenvalue weighted by Gasteiger charge is -2.14. The molecule has 4 nitrogen and oxygen atoms in total. The molecule has 0 aromatic heterocycles. The van der Waals surface area contributed by atoms with Crippen LogP contribution in [-0.2, 0) is 13.0 Å². The predicted octanol–water partition coefficient (Wildman–Crippen LogP) is 4.13. The van der Waals surface area contributed by atoms with Gasteiger partial charge in [-0.1, -0.05) is 66.7 Å². The van der Waals surface area contributed by atoms with E-state index in [2.05, 4.69) is 11.4 Å². The molecule has 27 heavy (non-hydrogen) atoms. The van der Waals surface area contributed by atoms with Crippen molar-refractivity contribution in [2.24, 2.45) is 0 Å². The Labute approximate surface area is 159 Å². The summed E-state index contributed by atoms with van der Waals surface area (Å²) >= 11 is 0. The minimum Gasteiger partial charge on any atom is -0.489 e. The molecule has 4 heteroatoms. The van der Waals surface area contributed by atoms with Gasteiger partial charge in [-0.2, -0.15) is 5.26 Å². The van der Waals surface area contributed by atoms with E-state index in [-0.39, 0.29) is 12.5 Å². The molecule has 0 radical (unpaired) electrons. The van der Waals surface area contributed by atoms with Crippen LogP contribution in [0, 0.1) is 11.3 Å². The third-order valence-corrected chi connectivity index (χ3v) is 4.14. The quantitative estimate of drug-likeness (QED) is 0.692. The van der Waals surface area contributed by atoms with Crippen molar-refractivity contribution < 1.29 is 9.53 Å². The number of carbonyl (C=O) groups is 1. The summed E-state index contributed by atoms with van der Waals surface area (Å²) in [5.74, 6) is 0.469. The zero-order valence-corrected chi connectivity index (χ0v) is 14.8. The van der Waals surface area contributed by atoms with Crippen molar-refractivity contribution in [3.63, 3.8) is 0 Å². The van der Waals surface area contributed by atoms with E-state index in [0.29, 0.717) is 12.0 Å². The van der Waals surface area contributed by atoms with Gasteiger partial charge in [0.15, 0.2) is 0 Å². The van der Waals surface area contributed by atoms with Crippen molar-refractivity contribution in [1.29, 1.82) is 5.26 Å². The van der Waals surface area contributed by atoms with Crippen LogP contribution in [-0.4, -0.2) is 11.9 Å². The maximum atomic E-state index is 12.7. The first-order valence-electron chi connectivity index (χ1n) is 8.76. The van der Waals surface area contributed by atoms with Crippen LogP contribution >= 0.6 is 0 Å². The summed E-state index contributed by atoms with van der Waals surface area (Å²) in [5.41, 5.74) is 2.29. The van der Waals surface area contributed by atoms with Gasteiger partial charge in [-0.3, -0.25) is 4.79 Å². The second kappa shape index (κ2) is 9.21. The number of carbonyl (C=O) groups excluding carboxylic acids is 1. The van der Waals surface area contributed by atoms with Gasteiger partial charge >= 0.3 is 0 Å². The smallest absolute Gasteiger partial charge is 0.252 e. The van der Waals surface area contributed by atoms with E-state index in [1.165, 1.54) is 0 Å². The zero-order valence-electron chi connectivity index (χ0n) is 14.8. The van der Waals surface area contributed by atoms with Crippen molar-refractivity contribution in [1.82, 2.24) is 5.32 Å². The largest absolute Gasteiger partial charge is 0.489 e. The summed E-state index contributed by atoms with van der Waals surface area (Å²) in [4.78, 5) is 12.7. The van der Waals surface area contributed by atoms with Crippen LogP contribution < -0.4 is 10.1 Å². The fraction of sp³-hybridized carbons (Fsp3) is 0.130. The number of para-hydroxylation sites is 1. The van der Waals surface area contributed by atoms with Crippen LogP contribution in [0.15, 0.2) is 84.9 Å². The Hall–Kier alpha value is -3.58. The van der Waals surface area contributed by atoms with E-state index in [1.807, 2.05) is 72.8 Å². The molecule has 0 heterocycles. The molecule has 0 bridgehead atoms. The summed E-state index contributed by atoms with van der Waals surface area (Å²) in [6, 6.07) is 27.9. The first-order chi connectivity index (χ1) is 13.3. The molecule has 1 N–H and O–H groups in total. The van der Waals surface area contributed by atoms with Gasteiger partial charge in [0.25, 0.3) is 5.91 Å². The van der Waals surface area contributed by atoms with Crippen LogP contribution in [0.2, 0.25) is 0 Å². The first-order valence-corrected chi connectivity index (χ1v) is 8.76. The lowest BCUT2D eigenvalue weighted by molar-refractivity contribution is 0.0943. The minimum atomic E-state index is -0.594. The normalized spacial score (nSPS) is 11.2. The summed E-state index contributed by atoms with van der Waals surface area (Å²) in [5, 5.41) is 12.2. The van der Waals surface area contributed by atoms with E-state index in [9.17, 15) is 10.1 Å². The van der Waals surface area contributed by atoms with Gasteiger partial charge in [0, 0.05) is 17.5 Å². The highest BCUT2D eigenvalue weighted by molar-refractivity contribution is 5.96. The van der Waals surface area contributed by atoms with Crippen molar-refractivity contribution >= 4 is 5.91 Å². The maximum absolute atomic E-state index is 12.7. The van der Waals surface area contributed by atoms with Crippen LogP contribution in [0.3, 0.4) is 0 Å². The number of hydrogen-bond donors (Lipinski definition) is 1. The molecule has 0 aliphatic heterocycles. The average molecular weight is 356 g/mol. The maximum Gasteiger partial charge on any atom is 0.252 e. The molecule has 0 aliphatic carbocycles. The first kappa shape index (κ1) is 18.2. The lowest BCUT2D eigenvalue weighted by atomic mass is 10.0. The Balaban J connectivity index is 1.68. The molecular formula is C23H20N2O2. The molecule has 0 spiro atoms. The third-order valence-electron chi connectivity index (χ3n) is 4.14. The van der Waals surface area contributed by atoms with Crippen LogP contribution in [0.4, 0.5) is 0 Å². The number of nitrogens with zero attached hydrogens (tertiary/aromatic N) is 1. The Kier molecular flexibility index (Phi) is 6.21. The van der Waals surface area contributed by atoms with Gasteiger partial charge in [0.1, 0.15) is 18.4 Å². The molecule has 0 fully saturated rings. The van der Waals surface area contributed by atoms with Gasteiger partial charge < -0.3 is 10.1 Å². The van der Waals surface area contributed by atoms with Crippen molar-refractivity contribution in [3.8, 4) is 11.8 Å². The molecule has 3 aromatic rings. The summed E-state index contributed by atoms with van der Waals surface area (Å²) < 4.78 is 5.76. The summed E-state index contributed by atoms with van der Waals surface area (Å²) in [6.45, 7) is 0.281. The standard InChI is InChI=1S/C23H20N2O2/c24-16-20(15-18-9-3-1-4-10-18)25-23(26)22-14-8-7-11-19(22)17-27-21-12-5-2-6-13-21/h1-14,20H,15,17H2,(H,25,26)/t20-/m0/s1. The zero-order chi connectivity index (χ0) is 18.9. The number of amides is 1. The molecule has 3 rings (SSSR count). The summed E-state index contributed by atoms with van der Waals surface area (Å²) in [7, 11) is 0. The number of hydrogen-bond acceptors (Lipinski definition) is 3. The van der Waals surface area contributed by atoms with E-state index >= 15 is 0 Å². The van der Waals surface area contributed by atoms with Gasteiger partial charge in [0.2, 0.25) is 0 Å². The van der Waals surface area contributed by atoms with Crippen LogP contribution in [0.25, 0.3) is 0 Å². The van der Waals surface area contributed by atoms with Crippen molar-refractivity contribution in [2.75, 3.05) is 0 Å². The Morgan fingerprint density at radius 1 is 0.926 bits per heavy atom. The van der Waals surface area contributed by atoms with Crippen molar-refractivity contribution in [2.45, 2.75) is 19.1 Å². The van der Waals surface area contributed by atoms with E-state index < -0.39 is 6.04 Å². The fourth-order valence-electron chi connectivity index (χ4n) is 2.76. The Bertz CT molecular complexity index is 918. The highest BCUT2D eigenvalue weighted by Crippen LogP contribution is 2.15.